The highest BCUT2D eigenvalue weighted by molar-refractivity contribution is 5.89. The van der Waals surface area contributed by atoms with Gasteiger partial charge in [0.2, 0.25) is 0 Å². The van der Waals surface area contributed by atoms with Gasteiger partial charge in [0, 0.05) is 6.42 Å². The van der Waals surface area contributed by atoms with Crippen LogP contribution in [0.15, 0.2) is 59.7 Å². The van der Waals surface area contributed by atoms with E-state index < -0.39 is 0 Å². The number of hydrogen-bond acceptors (Lipinski definition) is 3. The topological polar surface area (TPSA) is 35.5 Å². The molecule has 3 fully saturated rings. The molecule has 4 aliphatic rings. The van der Waals surface area contributed by atoms with E-state index in [1.165, 1.54) is 37.7 Å². The molecule has 3 heteroatoms. The number of benzene rings is 1. The van der Waals surface area contributed by atoms with Crippen molar-refractivity contribution in [1.82, 2.24) is 0 Å². The van der Waals surface area contributed by atoms with Crippen LogP contribution in [0.4, 0.5) is 0 Å². The molecular weight excluding hydrogens is 468 g/mol. The minimum atomic E-state index is -0.214. The summed E-state index contributed by atoms with van der Waals surface area (Å²) >= 11 is 0. The summed E-state index contributed by atoms with van der Waals surface area (Å²) in [7, 11) is 1.64. The second kappa shape index (κ2) is 10.7. The van der Waals surface area contributed by atoms with Gasteiger partial charge in [-0.25, -0.2) is 4.79 Å². The molecule has 4 aliphatic carbocycles. The summed E-state index contributed by atoms with van der Waals surface area (Å²) in [6, 6.07) is 7.24. The molecule has 38 heavy (non-hydrogen) atoms. The molecule has 0 amide bonds. The zero-order valence-corrected chi connectivity index (χ0v) is 24.5. The summed E-state index contributed by atoms with van der Waals surface area (Å²) in [6.07, 6.45) is 19.3. The first kappa shape index (κ1) is 27.3. The maximum absolute atomic E-state index is 12.8. The Morgan fingerprint density at radius 1 is 1.03 bits per heavy atom. The van der Waals surface area contributed by atoms with Crippen LogP contribution < -0.4 is 4.74 Å². The van der Waals surface area contributed by atoms with Crippen molar-refractivity contribution >= 4 is 5.97 Å². The Balaban J connectivity index is 1.27. The Morgan fingerprint density at radius 3 is 2.50 bits per heavy atom. The SMILES string of the molecule is COc1ccc(C(=O)O[C@@H]2CC[C@@]3(C)C(=CC[C@@H]4C3CC[C@]3(C)[C@@H]([C@H](C)/C=C\C=C(C)C)CC[C@@H]43)C2)cc1. The summed E-state index contributed by atoms with van der Waals surface area (Å²) in [4.78, 5) is 12.8. The maximum atomic E-state index is 12.8. The zero-order valence-electron chi connectivity index (χ0n) is 24.5. The van der Waals surface area contributed by atoms with E-state index >= 15 is 0 Å². The first-order valence-corrected chi connectivity index (χ1v) is 15.0. The number of carbonyl (C=O) groups excluding carboxylic acids is 1. The van der Waals surface area contributed by atoms with Gasteiger partial charge in [-0.05, 0) is 123 Å². The van der Waals surface area contributed by atoms with Crippen molar-refractivity contribution in [3.05, 3.63) is 65.3 Å². The van der Waals surface area contributed by atoms with Crippen LogP contribution >= 0.6 is 0 Å². The van der Waals surface area contributed by atoms with Crippen LogP contribution in [0.3, 0.4) is 0 Å². The second-order valence-corrected chi connectivity index (χ2v) is 13.5. The smallest absolute Gasteiger partial charge is 0.338 e. The largest absolute Gasteiger partial charge is 0.497 e. The Bertz CT molecular complexity index is 1110. The number of methoxy groups -OCH3 is 1. The van der Waals surface area contributed by atoms with Crippen molar-refractivity contribution in [2.45, 2.75) is 92.1 Å². The normalized spacial score (nSPS) is 36.9. The summed E-state index contributed by atoms with van der Waals surface area (Å²) in [5, 5.41) is 0. The van der Waals surface area contributed by atoms with Crippen molar-refractivity contribution in [2.24, 2.45) is 40.4 Å². The Labute approximate surface area is 230 Å². The minimum Gasteiger partial charge on any atom is -0.497 e. The average Bonchev–Trinajstić information content (AvgIpc) is 3.26. The van der Waals surface area contributed by atoms with Gasteiger partial charge in [0.15, 0.2) is 0 Å². The molecule has 3 saturated carbocycles. The fourth-order valence-electron chi connectivity index (χ4n) is 9.14. The first-order valence-electron chi connectivity index (χ1n) is 15.0. The standard InChI is InChI=1S/C35H48O3/c1-23(2)8-7-9-24(3)30-16-17-31-29-15-12-26-22-28(38-33(36)25-10-13-27(37-6)14-11-25)18-20-34(26,4)32(29)19-21-35(30,31)5/h7-14,24,28-32H,15-22H2,1-6H3/b9-7-/t24-,28-,29+,30-,31+,32?,34+,35-/m1/s1. The third-order valence-electron chi connectivity index (χ3n) is 11.2. The van der Waals surface area contributed by atoms with Crippen molar-refractivity contribution < 1.29 is 14.3 Å². The van der Waals surface area contributed by atoms with Gasteiger partial charge >= 0.3 is 5.97 Å². The van der Waals surface area contributed by atoms with Crippen molar-refractivity contribution in [1.29, 1.82) is 0 Å². The lowest BCUT2D eigenvalue weighted by molar-refractivity contribution is -0.0565. The van der Waals surface area contributed by atoms with Crippen LogP contribution in [-0.4, -0.2) is 19.2 Å². The molecular formula is C35H48O3. The molecule has 5 rings (SSSR count). The van der Waals surface area contributed by atoms with Gasteiger partial charge in [0.1, 0.15) is 11.9 Å². The molecule has 0 heterocycles. The predicted molar refractivity (Wildman–Crippen MR) is 155 cm³/mol. The van der Waals surface area contributed by atoms with Crippen molar-refractivity contribution in [3.8, 4) is 5.75 Å². The van der Waals surface area contributed by atoms with Gasteiger partial charge in [0.05, 0.1) is 12.7 Å². The molecule has 0 bridgehead atoms. The van der Waals surface area contributed by atoms with Gasteiger partial charge in [-0.1, -0.05) is 56.2 Å². The average molecular weight is 517 g/mol. The summed E-state index contributed by atoms with van der Waals surface area (Å²) in [5.74, 6) is 4.39. The Morgan fingerprint density at radius 2 is 1.79 bits per heavy atom. The number of carbonyl (C=O) groups is 1. The van der Waals surface area contributed by atoms with Crippen LogP contribution in [-0.2, 0) is 4.74 Å². The van der Waals surface area contributed by atoms with E-state index in [0.717, 1.165) is 48.7 Å². The fourth-order valence-corrected chi connectivity index (χ4v) is 9.14. The van der Waals surface area contributed by atoms with E-state index in [-0.39, 0.29) is 17.5 Å². The van der Waals surface area contributed by atoms with E-state index in [1.807, 2.05) is 12.1 Å². The molecule has 8 atom stereocenters. The molecule has 0 aromatic heterocycles. The molecule has 0 saturated heterocycles. The number of rotatable bonds is 6. The number of fused-ring (bicyclic) bond motifs is 5. The third kappa shape index (κ3) is 4.91. The lowest BCUT2D eigenvalue weighted by Gasteiger charge is -2.58. The second-order valence-electron chi connectivity index (χ2n) is 13.5. The van der Waals surface area contributed by atoms with Gasteiger partial charge in [-0.15, -0.1) is 0 Å². The Kier molecular flexibility index (Phi) is 7.68. The summed E-state index contributed by atoms with van der Waals surface area (Å²) in [5.41, 5.74) is 4.26. The van der Waals surface area contributed by atoms with Crippen molar-refractivity contribution in [3.63, 3.8) is 0 Å². The van der Waals surface area contributed by atoms with Crippen LogP contribution in [0, 0.1) is 40.4 Å². The quantitative estimate of drug-likeness (QED) is 0.215. The number of hydrogen-bond donors (Lipinski definition) is 0. The van der Waals surface area contributed by atoms with E-state index in [0.29, 0.717) is 16.9 Å². The van der Waals surface area contributed by atoms with E-state index in [4.69, 9.17) is 9.47 Å². The van der Waals surface area contributed by atoms with E-state index in [9.17, 15) is 4.79 Å². The fraction of sp³-hybridized carbons (Fsp3) is 0.629. The molecule has 206 valence electrons. The molecule has 3 nitrogen and oxygen atoms in total. The van der Waals surface area contributed by atoms with Crippen LogP contribution in [0.25, 0.3) is 0 Å². The lowest BCUT2D eigenvalue weighted by Crippen LogP contribution is -2.51. The summed E-state index contributed by atoms with van der Waals surface area (Å²) < 4.78 is 11.2. The van der Waals surface area contributed by atoms with Crippen LogP contribution in [0.5, 0.6) is 5.75 Å². The van der Waals surface area contributed by atoms with Crippen molar-refractivity contribution in [2.75, 3.05) is 7.11 Å². The predicted octanol–water partition coefficient (Wildman–Crippen LogP) is 8.96. The molecule has 1 unspecified atom stereocenters. The zero-order chi connectivity index (χ0) is 27.1. The van der Waals surface area contributed by atoms with Crippen LogP contribution in [0.2, 0.25) is 0 Å². The molecule has 0 N–H and O–H groups in total. The van der Waals surface area contributed by atoms with Gasteiger partial charge in [0.25, 0.3) is 0 Å². The van der Waals surface area contributed by atoms with Gasteiger partial charge in [-0.2, -0.15) is 0 Å². The molecule has 1 aromatic carbocycles. The van der Waals surface area contributed by atoms with E-state index in [1.54, 1.807) is 24.8 Å². The highest BCUT2D eigenvalue weighted by atomic mass is 16.5. The minimum absolute atomic E-state index is 0.0152. The van der Waals surface area contributed by atoms with Gasteiger partial charge < -0.3 is 9.47 Å². The van der Waals surface area contributed by atoms with Crippen LogP contribution in [0.1, 0.15) is 96.3 Å². The number of allylic oxidation sites excluding steroid dienone is 5. The van der Waals surface area contributed by atoms with Gasteiger partial charge in [-0.3, -0.25) is 0 Å². The Hall–Kier alpha value is -2.29. The van der Waals surface area contributed by atoms with E-state index in [2.05, 4.69) is 58.9 Å². The molecule has 0 aliphatic heterocycles. The molecule has 1 aromatic rings. The molecule has 0 spiro atoms. The first-order chi connectivity index (χ1) is 18.2. The highest BCUT2D eigenvalue weighted by Gasteiger charge is 2.59. The highest BCUT2D eigenvalue weighted by Crippen LogP contribution is 2.67. The summed E-state index contributed by atoms with van der Waals surface area (Å²) in [6.45, 7) is 12.0. The lowest BCUT2D eigenvalue weighted by atomic mass is 9.47. The number of esters is 1. The number of ether oxygens (including phenoxy) is 2. The molecule has 0 radical (unpaired) electrons. The third-order valence-corrected chi connectivity index (χ3v) is 11.2. The maximum Gasteiger partial charge on any atom is 0.338 e. The monoisotopic (exact) mass is 516 g/mol.